The number of nitro groups is 1. The van der Waals surface area contributed by atoms with Crippen molar-refractivity contribution in [3.63, 3.8) is 0 Å². The average molecular weight is 376 g/mol. The lowest BCUT2D eigenvalue weighted by Gasteiger charge is -2.10. The van der Waals surface area contributed by atoms with Crippen molar-refractivity contribution in [2.75, 3.05) is 11.9 Å². The van der Waals surface area contributed by atoms with E-state index in [2.05, 4.69) is 5.32 Å². The molecule has 9 heteroatoms. The van der Waals surface area contributed by atoms with Crippen LogP contribution in [0.5, 0.6) is 5.75 Å². The van der Waals surface area contributed by atoms with Crippen LogP contribution in [0.2, 0.25) is 15.1 Å². The van der Waals surface area contributed by atoms with E-state index in [0.29, 0.717) is 0 Å². The van der Waals surface area contributed by atoms with Crippen LogP contribution in [0.25, 0.3) is 0 Å². The fourth-order valence-corrected chi connectivity index (χ4v) is 2.27. The smallest absolute Gasteiger partial charge is 0.292 e. The summed E-state index contributed by atoms with van der Waals surface area (Å²) in [6.07, 6.45) is 0. The summed E-state index contributed by atoms with van der Waals surface area (Å²) in [4.78, 5) is 22.1. The van der Waals surface area contributed by atoms with Gasteiger partial charge in [0, 0.05) is 12.1 Å². The number of hydrogen-bond acceptors (Lipinski definition) is 4. The van der Waals surface area contributed by atoms with E-state index in [-0.39, 0.29) is 32.2 Å². The van der Waals surface area contributed by atoms with Crippen molar-refractivity contribution in [3.05, 3.63) is 61.6 Å². The number of carbonyl (C=O) groups excluding carboxylic acids is 1. The van der Waals surface area contributed by atoms with Crippen molar-refractivity contribution in [2.24, 2.45) is 0 Å². The fourth-order valence-electron chi connectivity index (χ4n) is 1.68. The third-order valence-electron chi connectivity index (χ3n) is 2.71. The number of para-hydroxylation sites is 2. The van der Waals surface area contributed by atoms with Crippen LogP contribution < -0.4 is 10.1 Å². The highest BCUT2D eigenvalue weighted by Gasteiger charge is 2.15. The van der Waals surface area contributed by atoms with Crippen molar-refractivity contribution in [3.8, 4) is 5.75 Å². The predicted molar refractivity (Wildman–Crippen MR) is 88.7 cm³/mol. The lowest BCUT2D eigenvalue weighted by Crippen LogP contribution is -2.20. The summed E-state index contributed by atoms with van der Waals surface area (Å²) in [5.74, 6) is -0.403. The summed E-state index contributed by atoms with van der Waals surface area (Å²) in [6.45, 7) is -0.399. The lowest BCUT2D eigenvalue weighted by atomic mass is 10.2. The fraction of sp³-hybridized carbons (Fsp3) is 0.0714. The van der Waals surface area contributed by atoms with Crippen LogP contribution in [0.4, 0.5) is 11.4 Å². The van der Waals surface area contributed by atoms with Gasteiger partial charge in [-0.3, -0.25) is 14.9 Å². The van der Waals surface area contributed by atoms with Gasteiger partial charge in [-0.2, -0.15) is 0 Å². The van der Waals surface area contributed by atoms with Crippen molar-refractivity contribution < 1.29 is 14.5 Å². The van der Waals surface area contributed by atoms with Crippen LogP contribution in [0.3, 0.4) is 0 Å². The highest BCUT2D eigenvalue weighted by Crippen LogP contribution is 2.33. The molecule has 2 rings (SSSR count). The Morgan fingerprint density at radius 3 is 2.48 bits per heavy atom. The van der Waals surface area contributed by atoms with E-state index >= 15 is 0 Å². The Morgan fingerprint density at radius 1 is 1.13 bits per heavy atom. The van der Waals surface area contributed by atoms with Gasteiger partial charge in [-0.15, -0.1) is 0 Å². The third kappa shape index (κ3) is 4.48. The number of carbonyl (C=O) groups is 1. The van der Waals surface area contributed by atoms with E-state index in [4.69, 9.17) is 39.5 Å². The number of benzene rings is 2. The highest BCUT2D eigenvalue weighted by molar-refractivity contribution is 6.43. The molecule has 0 aliphatic carbocycles. The van der Waals surface area contributed by atoms with E-state index in [1.165, 1.54) is 30.3 Å². The minimum Gasteiger partial charge on any atom is -0.482 e. The van der Waals surface area contributed by atoms with Crippen LogP contribution in [0, 0.1) is 10.1 Å². The number of nitrogens with zero attached hydrogens (tertiary/aromatic N) is 1. The Bertz CT molecular complexity index is 768. The summed E-state index contributed by atoms with van der Waals surface area (Å²) >= 11 is 17.6. The molecule has 0 bridgehead atoms. The van der Waals surface area contributed by atoms with E-state index < -0.39 is 17.4 Å². The van der Waals surface area contributed by atoms with Crippen LogP contribution in [0.15, 0.2) is 36.4 Å². The number of anilines is 1. The van der Waals surface area contributed by atoms with Crippen molar-refractivity contribution >= 4 is 52.1 Å². The van der Waals surface area contributed by atoms with Gasteiger partial charge in [0.05, 0.1) is 20.0 Å². The molecule has 120 valence electrons. The zero-order valence-electron chi connectivity index (χ0n) is 11.4. The first-order valence-electron chi connectivity index (χ1n) is 6.19. The minimum absolute atomic E-state index is 0.0753. The number of halogens is 3. The van der Waals surface area contributed by atoms with Gasteiger partial charge >= 0.3 is 0 Å². The predicted octanol–water partition coefficient (Wildman–Crippen LogP) is 4.57. The largest absolute Gasteiger partial charge is 0.482 e. The van der Waals surface area contributed by atoms with Gasteiger partial charge < -0.3 is 10.1 Å². The number of amides is 1. The third-order valence-corrected chi connectivity index (χ3v) is 3.73. The zero-order chi connectivity index (χ0) is 17.0. The zero-order valence-corrected chi connectivity index (χ0v) is 13.7. The second-order valence-electron chi connectivity index (χ2n) is 4.31. The van der Waals surface area contributed by atoms with Gasteiger partial charge in [-0.05, 0) is 12.1 Å². The number of hydrogen-bond donors (Lipinski definition) is 1. The molecule has 2 aromatic carbocycles. The van der Waals surface area contributed by atoms with Gasteiger partial charge in [-0.1, -0.05) is 46.9 Å². The Labute approximate surface area is 146 Å². The summed E-state index contributed by atoms with van der Waals surface area (Å²) in [5.41, 5.74) is -0.139. The van der Waals surface area contributed by atoms with E-state index in [1.54, 1.807) is 6.07 Å². The summed E-state index contributed by atoms with van der Waals surface area (Å²) in [6, 6.07) is 8.54. The summed E-state index contributed by atoms with van der Waals surface area (Å²) < 4.78 is 5.25. The summed E-state index contributed by atoms with van der Waals surface area (Å²) in [5, 5.41) is 14.0. The number of rotatable bonds is 5. The Kier molecular flexibility index (Phi) is 5.65. The molecular formula is C14H9Cl3N2O4. The molecule has 23 heavy (non-hydrogen) atoms. The monoisotopic (exact) mass is 374 g/mol. The Morgan fingerprint density at radius 2 is 1.78 bits per heavy atom. The molecule has 0 radical (unpaired) electrons. The van der Waals surface area contributed by atoms with Gasteiger partial charge in [-0.25, -0.2) is 0 Å². The second-order valence-corrected chi connectivity index (χ2v) is 5.53. The first-order valence-corrected chi connectivity index (χ1v) is 7.32. The van der Waals surface area contributed by atoms with Crippen molar-refractivity contribution in [1.82, 2.24) is 0 Å². The molecule has 0 aromatic heterocycles. The first-order chi connectivity index (χ1) is 10.9. The van der Waals surface area contributed by atoms with E-state index in [1.807, 2.05) is 0 Å². The quantitative estimate of drug-likeness (QED) is 0.471. The van der Waals surface area contributed by atoms with Crippen molar-refractivity contribution in [2.45, 2.75) is 0 Å². The van der Waals surface area contributed by atoms with Crippen LogP contribution in [-0.4, -0.2) is 17.4 Å². The molecule has 0 spiro atoms. The molecule has 0 aliphatic heterocycles. The molecule has 2 aromatic rings. The Balaban J connectivity index is 2.04. The number of nitrogens with one attached hydrogen (secondary N) is 1. The van der Waals surface area contributed by atoms with Gasteiger partial charge in [0.25, 0.3) is 11.6 Å². The second kappa shape index (κ2) is 7.50. The Hall–Kier alpha value is -2.02. The molecule has 0 heterocycles. The number of nitro benzene ring substituents is 1. The summed E-state index contributed by atoms with van der Waals surface area (Å²) in [7, 11) is 0. The lowest BCUT2D eigenvalue weighted by molar-refractivity contribution is -0.383. The molecule has 1 amide bonds. The van der Waals surface area contributed by atoms with Crippen LogP contribution >= 0.6 is 34.8 Å². The maximum atomic E-state index is 11.9. The van der Waals surface area contributed by atoms with Gasteiger partial charge in [0.1, 0.15) is 11.4 Å². The maximum absolute atomic E-state index is 11.9. The maximum Gasteiger partial charge on any atom is 0.292 e. The van der Waals surface area contributed by atoms with E-state index in [9.17, 15) is 14.9 Å². The molecule has 1 N–H and O–H groups in total. The molecule has 0 saturated heterocycles. The van der Waals surface area contributed by atoms with Crippen molar-refractivity contribution in [1.29, 1.82) is 0 Å². The average Bonchev–Trinajstić information content (AvgIpc) is 2.50. The molecular weight excluding hydrogens is 367 g/mol. The number of ether oxygens (including phenoxy) is 1. The molecule has 6 nitrogen and oxygen atoms in total. The van der Waals surface area contributed by atoms with Crippen LogP contribution in [0.1, 0.15) is 0 Å². The minimum atomic E-state index is -0.591. The topological polar surface area (TPSA) is 81.5 Å². The van der Waals surface area contributed by atoms with Gasteiger partial charge in [0.15, 0.2) is 6.61 Å². The van der Waals surface area contributed by atoms with Gasteiger partial charge in [0.2, 0.25) is 0 Å². The first kappa shape index (κ1) is 17.3. The normalized spacial score (nSPS) is 10.2. The molecule has 0 fully saturated rings. The highest BCUT2D eigenvalue weighted by atomic mass is 35.5. The van der Waals surface area contributed by atoms with Crippen LogP contribution in [-0.2, 0) is 4.79 Å². The molecule has 0 saturated carbocycles. The van der Waals surface area contributed by atoms with E-state index in [0.717, 1.165) is 0 Å². The standard InChI is InChI=1S/C14H9Cl3N2O4/c15-8-5-10(17)13(6-9(8)16)23-7-14(20)18-11-3-1-2-4-12(11)19(21)22/h1-6H,7H2,(H,18,20). The molecule has 0 atom stereocenters. The molecule has 0 unspecified atom stereocenters. The SMILES string of the molecule is O=C(COc1cc(Cl)c(Cl)cc1Cl)Nc1ccccc1[N+](=O)[O-]. The molecule has 0 aliphatic rings.